The molecule has 1 fully saturated rings. The van der Waals surface area contributed by atoms with Gasteiger partial charge in [-0.2, -0.15) is 0 Å². The van der Waals surface area contributed by atoms with E-state index >= 15 is 0 Å². The number of hydrogen-bond donors (Lipinski definition) is 2. The van der Waals surface area contributed by atoms with Crippen LogP contribution < -0.4 is 5.90 Å². The molecular weight excluding hydrogens is 146 g/mol. The molecule has 0 saturated heterocycles. The maximum absolute atomic E-state index is 9.33. The highest BCUT2D eigenvalue weighted by Gasteiger charge is 2.33. The maximum atomic E-state index is 9.33. The fourth-order valence-corrected chi connectivity index (χ4v) is 1.59. The van der Waals surface area contributed by atoms with Gasteiger partial charge >= 0.3 is 0 Å². The number of nitrogens with two attached hydrogens (primary N) is 1. The van der Waals surface area contributed by atoms with E-state index in [4.69, 9.17) is 10.6 Å². The van der Waals surface area contributed by atoms with Crippen LogP contribution in [0, 0.1) is 5.92 Å². The minimum atomic E-state index is -0.417. The molecule has 1 rings (SSSR count). The minimum absolute atomic E-state index is 0.199. The van der Waals surface area contributed by atoms with E-state index in [1.807, 2.05) is 0 Å². The van der Waals surface area contributed by atoms with Gasteiger partial charge in [-0.3, -0.25) is 4.84 Å². The normalized spacial score (nSPS) is 37.9. The molecule has 4 heteroatoms. The van der Waals surface area contributed by atoms with E-state index < -0.39 is 6.10 Å². The van der Waals surface area contributed by atoms with Gasteiger partial charge in [-0.1, -0.05) is 0 Å². The summed E-state index contributed by atoms with van der Waals surface area (Å²) in [6.45, 7) is 0.678. The highest BCUT2D eigenvalue weighted by Crippen LogP contribution is 2.27. The molecule has 0 amide bonds. The van der Waals surface area contributed by atoms with Crippen LogP contribution in [0.2, 0.25) is 0 Å². The van der Waals surface area contributed by atoms with Crippen molar-refractivity contribution in [2.45, 2.75) is 25.0 Å². The van der Waals surface area contributed by atoms with Gasteiger partial charge in [-0.05, 0) is 18.8 Å². The standard InChI is InChI=1S/C7H15NO3/c1-10-4-5-2-6(9)7(3-5)11-8/h5-7,9H,2-4,8H2,1H3. The van der Waals surface area contributed by atoms with Crippen molar-refractivity contribution in [2.24, 2.45) is 11.8 Å². The van der Waals surface area contributed by atoms with Crippen LogP contribution in [0.4, 0.5) is 0 Å². The van der Waals surface area contributed by atoms with Crippen LogP contribution in [0.3, 0.4) is 0 Å². The van der Waals surface area contributed by atoms with E-state index in [2.05, 4.69) is 4.84 Å². The minimum Gasteiger partial charge on any atom is -0.390 e. The van der Waals surface area contributed by atoms with E-state index in [1.165, 1.54) is 0 Å². The monoisotopic (exact) mass is 161 g/mol. The third-order valence-electron chi connectivity index (χ3n) is 2.15. The van der Waals surface area contributed by atoms with Crippen LogP contribution in [0.5, 0.6) is 0 Å². The Bertz CT molecular complexity index is 120. The Kier molecular flexibility index (Phi) is 3.26. The Morgan fingerprint density at radius 1 is 1.55 bits per heavy atom. The lowest BCUT2D eigenvalue weighted by Crippen LogP contribution is -2.25. The first kappa shape index (κ1) is 8.93. The molecule has 0 aromatic rings. The molecule has 11 heavy (non-hydrogen) atoms. The average Bonchev–Trinajstić information content (AvgIpc) is 2.32. The molecule has 3 unspecified atom stereocenters. The molecule has 1 aliphatic rings. The van der Waals surface area contributed by atoms with E-state index in [9.17, 15) is 5.11 Å². The van der Waals surface area contributed by atoms with Crippen LogP contribution >= 0.6 is 0 Å². The van der Waals surface area contributed by atoms with Crippen LogP contribution in [0.15, 0.2) is 0 Å². The van der Waals surface area contributed by atoms with Crippen LogP contribution in [-0.4, -0.2) is 31.0 Å². The van der Waals surface area contributed by atoms with Gasteiger partial charge in [-0.25, -0.2) is 5.90 Å². The lowest BCUT2D eigenvalue weighted by Gasteiger charge is -2.09. The summed E-state index contributed by atoms with van der Waals surface area (Å²) in [6.07, 6.45) is 0.914. The van der Waals surface area contributed by atoms with Gasteiger partial charge in [0.2, 0.25) is 0 Å². The van der Waals surface area contributed by atoms with E-state index in [0.29, 0.717) is 12.5 Å². The van der Waals surface area contributed by atoms with Crippen molar-refractivity contribution in [1.29, 1.82) is 0 Å². The fourth-order valence-electron chi connectivity index (χ4n) is 1.59. The van der Waals surface area contributed by atoms with Gasteiger partial charge in [0.1, 0.15) is 6.10 Å². The number of aliphatic hydroxyl groups is 1. The van der Waals surface area contributed by atoms with Crippen LogP contribution in [0.25, 0.3) is 0 Å². The van der Waals surface area contributed by atoms with Gasteiger partial charge in [0.15, 0.2) is 0 Å². The fraction of sp³-hybridized carbons (Fsp3) is 1.00. The molecular formula is C7H15NO3. The predicted molar refractivity (Wildman–Crippen MR) is 39.7 cm³/mol. The molecule has 66 valence electrons. The zero-order valence-corrected chi connectivity index (χ0v) is 6.69. The topological polar surface area (TPSA) is 64.7 Å². The Hall–Kier alpha value is -0.160. The first-order valence-corrected chi connectivity index (χ1v) is 3.80. The largest absolute Gasteiger partial charge is 0.390 e. The van der Waals surface area contributed by atoms with Gasteiger partial charge < -0.3 is 9.84 Å². The predicted octanol–water partition coefficient (Wildman–Crippen LogP) is -0.337. The third-order valence-corrected chi connectivity index (χ3v) is 2.15. The number of hydrogen-bond acceptors (Lipinski definition) is 4. The number of ether oxygens (including phenoxy) is 1. The quantitative estimate of drug-likeness (QED) is 0.556. The summed E-state index contributed by atoms with van der Waals surface area (Å²) in [5.74, 6) is 5.37. The smallest absolute Gasteiger partial charge is 0.105 e. The Morgan fingerprint density at radius 2 is 2.27 bits per heavy atom. The Labute approximate surface area is 66.2 Å². The number of aliphatic hydroxyl groups excluding tert-OH is 1. The molecule has 0 radical (unpaired) electrons. The summed E-state index contributed by atoms with van der Waals surface area (Å²) in [5, 5.41) is 9.33. The average molecular weight is 161 g/mol. The van der Waals surface area contributed by atoms with Gasteiger partial charge in [0.05, 0.1) is 6.10 Å². The molecule has 1 aliphatic carbocycles. The molecule has 1 saturated carbocycles. The van der Waals surface area contributed by atoms with Crippen molar-refractivity contribution < 1.29 is 14.7 Å². The van der Waals surface area contributed by atoms with E-state index in [1.54, 1.807) is 7.11 Å². The molecule has 0 bridgehead atoms. The van der Waals surface area contributed by atoms with Crippen molar-refractivity contribution in [2.75, 3.05) is 13.7 Å². The molecule has 3 N–H and O–H groups in total. The summed E-state index contributed by atoms with van der Waals surface area (Å²) in [5.41, 5.74) is 0. The lowest BCUT2D eigenvalue weighted by atomic mass is 10.1. The van der Waals surface area contributed by atoms with Crippen molar-refractivity contribution >= 4 is 0 Å². The third kappa shape index (κ3) is 2.13. The van der Waals surface area contributed by atoms with Gasteiger partial charge in [0, 0.05) is 13.7 Å². The number of rotatable bonds is 3. The second-order valence-corrected chi connectivity index (χ2v) is 3.03. The van der Waals surface area contributed by atoms with Crippen molar-refractivity contribution in [3.63, 3.8) is 0 Å². The molecule has 0 aromatic heterocycles. The summed E-state index contributed by atoms with van der Waals surface area (Å²) in [6, 6.07) is 0. The second kappa shape index (κ2) is 4.01. The first-order valence-electron chi connectivity index (χ1n) is 3.80. The maximum Gasteiger partial charge on any atom is 0.105 e. The summed E-state index contributed by atoms with van der Waals surface area (Å²) in [7, 11) is 1.66. The molecule has 0 aliphatic heterocycles. The summed E-state index contributed by atoms with van der Waals surface area (Å²) in [4.78, 5) is 4.59. The highest BCUT2D eigenvalue weighted by molar-refractivity contribution is 4.83. The highest BCUT2D eigenvalue weighted by atomic mass is 16.6. The lowest BCUT2D eigenvalue weighted by molar-refractivity contribution is -0.0200. The second-order valence-electron chi connectivity index (χ2n) is 3.03. The van der Waals surface area contributed by atoms with Gasteiger partial charge in [-0.15, -0.1) is 0 Å². The van der Waals surface area contributed by atoms with Crippen LogP contribution in [0.1, 0.15) is 12.8 Å². The van der Waals surface area contributed by atoms with Crippen molar-refractivity contribution in [3.05, 3.63) is 0 Å². The number of methoxy groups -OCH3 is 1. The first-order chi connectivity index (χ1) is 5.27. The van der Waals surface area contributed by atoms with Crippen LogP contribution in [-0.2, 0) is 9.57 Å². The zero-order chi connectivity index (χ0) is 8.27. The molecule has 0 aromatic carbocycles. The van der Waals surface area contributed by atoms with Crippen molar-refractivity contribution in [3.8, 4) is 0 Å². The summed E-state index contributed by atoms with van der Waals surface area (Å²) < 4.78 is 4.96. The molecule has 3 atom stereocenters. The molecule has 0 spiro atoms. The molecule has 0 heterocycles. The molecule has 4 nitrogen and oxygen atoms in total. The van der Waals surface area contributed by atoms with E-state index in [0.717, 1.165) is 12.8 Å². The summed E-state index contributed by atoms with van der Waals surface area (Å²) >= 11 is 0. The zero-order valence-electron chi connectivity index (χ0n) is 6.69. The Morgan fingerprint density at radius 3 is 2.73 bits per heavy atom. The van der Waals surface area contributed by atoms with Gasteiger partial charge in [0.25, 0.3) is 0 Å². The Balaban J connectivity index is 2.30. The van der Waals surface area contributed by atoms with E-state index in [-0.39, 0.29) is 6.10 Å². The van der Waals surface area contributed by atoms with Crippen molar-refractivity contribution in [1.82, 2.24) is 0 Å². The SMILES string of the molecule is COCC1CC(O)C(ON)C1.